The van der Waals surface area contributed by atoms with Gasteiger partial charge in [-0.2, -0.15) is 0 Å². The number of halogens is 1. The van der Waals surface area contributed by atoms with E-state index in [1.807, 2.05) is 54.6 Å². The first-order valence-corrected chi connectivity index (χ1v) is 11.7. The Morgan fingerprint density at radius 3 is 2.32 bits per heavy atom. The summed E-state index contributed by atoms with van der Waals surface area (Å²) in [6, 6.07) is 24.6. The summed E-state index contributed by atoms with van der Waals surface area (Å²) < 4.78 is 19.6. The first kappa shape index (κ1) is 21.9. The smallest absolute Gasteiger partial charge is 0.288 e. The van der Waals surface area contributed by atoms with E-state index >= 15 is 0 Å². The summed E-state index contributed by atoms with van der Waals surface area (Å²) in [6.07, 6.45) is 3.37. The van der Waals surface area contributed by atoms with Crippen molar-refractivity contribution in [2.75, 3.05) is 0 Å². The molecule has 3 aromatic carbocycles. The van der Waals surface area contributed by atoms with Crippen LogP contribution in [0.4, 0.5) is 4.39 Å². The van der Waals surface area contributed by atoms with E-state index in [0.29, 0.717) is 16.5 Å². The van der Waals surface area contributed by atoms with Gasteiger partial charge in [0.1, 0.15) is 11.4 Å². The summed E-state index contributed by atoms with van der Waals surface area (Å²) >= 11 is 1.43. The van der Waals surface area contributed by atoms with Crippen molar-refractivity contribution in [1.29, 1.82) is 0 Å². The van der Waals surface area contributed by atoms with Crippen molar-refractivity contribution in [3.8, 4) is 0 Å². The van der Waals surface area contributed by atoms with Crippen LogP contribution in [-0.2, 0) is 5.75 Å². The lowest BCUT2D eigenvalue weighted by atomic mass is 9.98. The second kappa shape index (κ2) is 9.89. The molecule has 0 aliphatic heterocycles. The van der Waals surface area contributed by atoms with Gasteiger partial charge in [0.2, 0.25) is 0 Å². The molecule has 34 heavy (non-hydrogen) atoms. The van der Waals surface area contributed by atoms with E-state index in [0.717, 1.165) is 22.1 Å². The molecule has 5 aromatic rings. The van der Waals surface area contributed by atoms with Crippen LogP contribution in [-0.4, -0.2) is 15.9 Å². The number of hydrogen-bond donors (Lipinski definition) is 1. The molecule has 2 heterocycles. The van der Waals surface area contributed by atoms with Gasteiger partial charge in [0, 0.05) is 29.1 Å². The highest BCUT2D eigenvalue weighted by Gasteiger charge is 2.24. The molecule has 7 heteroatoms. The Labute approximate surface area is 200 Å². The monoisotopic (exact) mass is 469 g/mol. The maximum Gasteiger partial charge on any atom is 0.288 e. The van der Waals surface area contributed by atoms with Crippen LogP contribution in [0.1, 0.15) is 33.3 Å². The highest BCUT2D eigenvalue weighted by Crippen LogP contribution is 2.32. The second-order valence-electron chi connectivity index (χ2n) is 7.59. The molecular formula is C27H20FN3O2S. The minimum absolute atomic E-state index is 0.243. The molecule has 0 bridgehead atoms. The number of thioether (sulfide) groups is 1. The number of para-hydroxylation sites is 1. The Hall–Kier alpha value is -3.97. The van der Waals surface area contributed by atoms with E-state index < -0.39 is 6.04 Å². The van der Waals surface area contributed by atoms with Gasteiger partial charge in [-0.1, -0.05) is 72.4 Å². The van der Waals surface area contributed by atoms with Crippen LogP contribution in [0.2, 0.25) is 0 Å². The van der Waals surface area contributed by atoms with Gasteiger partial charge in [-0.05, 0) is 35.4 Å². The standard InChI is InChI=1S/C27H20FN3O2S/c28-20-13-11-19(12-14-20)24(18-7-2-1-3-8-18)31-26(32)25-22(17-34-27-29-15-6-16-30-27)21-9-4-5-10-23(21)33-25/h1-16,24H,17H2,(H,31,32). The molecule has 2 aromatic heterocycles. The Kier molecular flexibility index (Phi) is 6.35. The summed E-state index contributed by atoms with van der Waals surface area (Å²) in [5, 5.41) is 4.58. The number of nitrogens with zero attached hydrogens (tertiary/aromatic N) is 2. The van der Waals surface area contributed by atoms with E-state index in [1.54, 1.807) is 30.6 Å². The first-order valence-electron chi connectivity index (χ1n) is 10.7. The fourth-order valence-electron chi connectivity index (χ4n) is 3.78. The topological polar surface area (TPSA) is 68.0 Å². The molecular weight excluding hydrogens is 449 g/mol. The summed E-state index contributed by atoms with van der Waals surface area (Å²) in [4.78, 5) is 22.1. The third kappa shape index (κ3) is 4.70. The fraction of sp³-hybridized carbons (Fsp3) is 0.0741. The molecule has 0 radical (unpaired) electrons. The number of rotatable bonds is 7. The predicted molar refractivity (Wildman–Crippen MR) is 130 cm³/mol. The Bertz CT molecular complexity index is 1410. The summed E-state index contributed by atoms with van der Waals surface area (Å²) in [6.45, 7) is 0. The quantitative estimate of drug-likeness (QED) is 0.228. The molecule has 1 atom stereocenters. The van der Waals surface area contributed by atoms with Crippen LogP contribution >= 0.6 is 11.8 Å². The van der Waals surface area contributed by atoms with Gasteiger partial charge >= 0.3 is 0 Å². The summed E-state index contributed by atoms with van der Waals surface area (Å²) in [7, 11) is 0. The van der Waals surface area contributed by atoms with E-state index in [1.165, 1.54) is 23.9 Å². The number of carbonyl (C=O) groups excluding carboxylic acids is 1. The largest absolute Gasteiger partial charge is 0.451 e. The van der Waals surface area contributed by atoms with Crippen molar-refractivity contribution in [2.24, 2.45) is 0 Å². The number of aromatic nitrogens is 2. The van der Waals surface area contributed by atoms with E-state index in [9.17, 15) is 9.18 Å². The highest BCUT2D eigenvalue weighted by molar-refractivity contribution is 7.98. The molecule has 0 fully saturated rings. The van der Waals surface area contributed by atoms with Gasteiger partial charge in [-0.25, -0.2) is 14.4 Å². The van der Waals surface area contributed by atoms with Crippen molar-refractivity contribution >= 4 is 28.6 Å². The van der Waals surface area contributed by atoms with Crippen molar-refractivity contribution in [1.82, 2.24) is 15.3 Å². The van der Waals surface area contributed by atoms with Crippen LogP contribution in [0.5, 0.6) is 0 Å². The zero-order valence-corrected chi connectivity index (χ0v) is 18.8. The number of carbonyl (C=O) groups is 1. The number of furan rings is 1. The first-order chi connectivity index (χ1) is 16.7. The maximum atomic E-state index is 13.6. The minimum Gasteiger partial charge on any atom is -0.451 e. The molecule has 1 N–H and O–H groups in total. The van der Waals surface area contributed by atoms with E-state index in [2.05, 4.69) is 15.3 Å². The SMILES string of the molecule is O=C(NC(c1ccccc1)c1ccc(F)cc1)c1oc2ccccc2c1CSc1ncccn1. The van der Waals surface area contributed by atoms with Crippen LogP contribution in [0, 0.1) is 5.82 Å². The van der Waals surface area contributed by atoms with Gasteiger partial charge in [-0.3, -0.25) is 4.79 Å². The van der Waals surface area contributed by atoms with Crippen LogP contribution < -0.4 is 5.32 Å². The fourth-order valence-corrected chi connectivity index (χ4v) is 4.61. The van der Waals surface area contributed by atoms with Crippen LogP contribution in [0.25, 0.3) is 11.0 Å². The Balaban J connectivity index is 1.49. The number of amides is 1. The molecule has 0 aliphatic rings. The van der Waals surface area contributed by atoms with E-state index in [4.69, 9.17) is 4.42 Å². The molecule has 168 valence electrons. The van der Waals surface area contributed by atoms with Gasteiger partial charge in [0.05, 0.1) is 6.04 Å². The number of nitrogens with one attached hydrogen (secondary N) is 1. The lowest BCUT2D eigenvalue weighted by Crippen LogP contribution is -2.29. The lowest BCUT2D eigenvalue weighted by molar-refractivity contribution is 0.0916. The van der Waals surface area contributed by atoms with Crippen molar-refractivity contribution in [3.63, 3.8) is 0 Å². The van der Waals surface area contributed by atoms with Crippen LogP contribution in [0.3, 0.4) is 0 Å². The molecule has 1 unspecified atom stereocenters. The Morgan fingerprint density at radius 1 is 0.882 bits per heavy atom. The molecule has 0 spiro atoms. The third-order valence-electron chi connectivity index (χ3n) is 5.40. The van der Waals surface area contributed by atoms with Crippen molar-refractivity contribution in [3.05, 3.63) is 126 Å². The predicted octanol–water partition coefficient (Wildman–Crippen LogP) is 6.17. The summed E-state index contributed by atoms with van der Waals surface area (Å²) in [5.74, 6) is 0.0318. The van der Waals surface area contributed by atoms with E-state index in [-0.39, 0.29) is 17.5 Å². The zero-order valence-electron chi connectivity index (χ0n) is 18.0. The van der Waals surface area contributed by atoms with Gasteiger partial charge < -0.3 is 9.73 Å². The molecule has 1 amide bonds. The Morgan fingerprint density at radius 2 is 1.56 bits per heavy atom. The number of benzene rings is 3. The van der Waals surface area contributed by atoms with Gasteiger partial charge in [0.25, 0.3) is 5.91 Å². The molecule has 5 rings (SSSR count). The molecule has 0 aliphatic carbocycles. The average Bonchev–Trinajstić information content (AvgIpc) is 3.26. The lowest BCUT2D eigenvalue weighted by Gasteiger charge is -2.19. The average molecular weight is 470 g/mol. The zero-order chi connectivity index (χ0) is 23.3. The summed E-state index contributed by atoms with van der Waals surface area (Å²) in [5.41, 5.74) is 3.06. The third-order valence-corrected chi connectivity index (χ3v) is 6.31. The normalized spacial score (nSPS) is 11.9. The van der Waals surface area contributed by atoms with Gasteiger partial charge in [0.15, 0.2) is 10.9 Å². The second-order valence-corrected chi connectivity index (χ2v) is 8.54. The molecule has 5 nitrogen and oxygen atoms in total. The number of fused-ring (bicyclic) bond motifs is 1. The minimum atomic E-state index is -0.472. The van der Waals surface area contributed by atoms with Crippen LogP contribution in [0.15, 0.2) is 107 Å². The number of hydrogen-bond acceptors (Lipinski definition) is 5. The molecule has 0 saturated carbocycles. The highest BCUT2D eigenvalue weighted by atomic mass is 32.2. The van der Waals surface area contributed by atoms with Crippen molar-refractivity contribution < 1.29 is 13.6 Å². The van der Waals surface area contributed by atoms with Gasteiger partial charge in [-0.15, -0.1) is 0 Å². The molecule has 0 saturated heterocycles. The maximum absolute atomic E-state index is 13.6. The van der Waals surface area contributed by atoms with Crippen molar-refractivity contribution in [2.45, 2.75) is 17.0 Å².